The minimum Gasteiger partial charge on any atom is -0.493 e. The van der Waals surface area contributed by atoms with Crippen LogP contribution in [0.2, 0.25) is 0 Å². The van der Waals surface area contributed by atoms with Gasteiger partial charge in [0.25, 0.3) is 0 Å². The largest absolute Gasteiger partial charge is 0.493 e. The Balaban J connectivity index is 1.95. The number of carbonyl (C=O) groups is 2. The van der Waals surface area contributed by atoms with Gasteiger partial charge in [0.05, 0.1) is 13.3 Å². The van der Waals surface area contributed by atoms with Crippen LogP contribution in [-0.4, -0.2) is 31.7 Å². The van der Waals surface area contributed by atoms with Crippen molar-refractivity contribution in [3.63, 3.8) is 0 Å². The van der Waals surface area contributed by atoms with Crippen LogP contribution >= 0.6 is 0 Å². The highest BCUT2D eigenvalue weighted by Crippen LogP contribution is 2.30. The molecule has 0 fully saturated rings. The quantitative estimate of drug-likeness (QED) is 0.280. The molecule has 2 N–H and O–H groups in total. The normalized spacial score (nSPS) is 10.4. The molecule has 0 aliphatic carbocycles. The first kappa shape index (κ1) is 21.7. The number of para-hydroxylation sites is 2. The zero-order valence-corrected chi connectivity index (χ0v) is 16.6. The fourth-order valence-corrected chi connectivity index (χ4v) is 2.60. The van der Waals surface area contributed by atoms with Crippen molar-refractivity contribution in [2.45, 2.75) is 19.8 Å². The molecule has 7 heteroatoms. The summed E-state index contributed by atoms with van der Waals surface area (Å²) in [5.74, 6) is 0.0945. The molecule has 0 saturated carbocycles. The second-order valence-corrected chi connectivity index (χ2v) is 6.01. The van der Waals surface area contributed by atoms with Crippen LogP contribution < -0.4 is 20.2 Å². The summed E-state index contributed by atoms with van der Waals surface area (Å²) in [6.07, 6.45) is 3.49. The van der Waals surface area contributed by atoms with E-state index in [2.05, 4.69) is 22.4 Å². The van der Waals surface area contributed by atoms with Crippen molar-refractivity contribution in [3.05, 3.63) is 66.2 Å². The maximum absolute atomic E-state index is 12.1. The number of ether oxygens (including phenoxy) is 2. The number of anilines is 1. The van der Waals surface area contributed by atoms with Crippen LogP contribution in [0.15, 0.2) is 60.2 Å². The summed E-state index contributed by atoms with van der Waals surface area (Å²) in [4.78, 5) is 24.1. The highest BCUT2D eigenvalue weighted by molar-refractivity contribution is 6.04. The van der Waals surface area contributed by atoms with E-state index in [4.69, 9.17) is 9.47 Å². The molecular weight excluding hydrogens is 370 g/mol. The third-order valence-electron chi connectivity index (χ3n) is 3.96. The summed E-state index contributed by atoms with van der Waals surface area (Å²) >= 11 is 0. The van der Waals surface area contributed by atoms with Gasteiger partial charge in [0.1, 0.15) is 13.0 Å². The lowest BCUT2D eigenvalue weighted by molar-refractivity contribution is -0.126. The van der Waals surface area contributed by atoms with Gasteiger partial charge in [-0.3, -0.25) is 9.59 Å². The Morgan fingerprint density at radius 2 is 1.93 bits per heavy atom. The van der Waals surface area contributed by atoms with Crippen molar-refractivity contribution in [2.24, 2.45) is 5.10 Å². The number of carbonyl (C=O) groups excluding carboxylic acids is 2. The standard InChI is InChI=1S/C22H25N3O4/c1-4-13-29-22-17(10-8-12-19(22)28-3)15-23-25-21(27)14-20(26)24-18-11-7-6-9-16(18)5-2/h4,6-12,15H,1,5,13-14H2,2-3H3,(H,24,26)(H,25,27). The van der Waals surface area contributed by atoms with Crippen molar-refractivity contribution in [1.82, 2.24) is 5.43 Å². The van der Waals surface area contributed by atoms with Crippen molar-refractivity contribution in [3.8, 4) is 11.5 Å². The fraction of sp³-hybridized carbons (Fsp3) is 0.227. The van der Waals surface area contributed by atoms with Crippen molar-refractivity contribution < 1.29 is 19.1 Å². The van der Waals surface area contributed by atoms with Gasteiger partial charge in [0.2, 0.25) is 11.8 Å². The van der Waals surface area contributed by atoms with Crippen LogP contribution in [0.5, 0.6) is 11.5 Å². The monoisotopic (exact) mass is 395 g/mol. The number of rotatable bonds is 10. The van der Waals surface area contributed by atoms with E-state index >= 15 is 0 Å². The second kappa shape index (κ2) is 11.3. The van der Waals surface area contributed by atoms with E-state index in [0.29, 0.717) is 29.4 Å². The topological polar surface area (TPSA) is 89.0 Å². The minimum absolute atomic E-state index is 0.299. The minimum atomic E-state index is -0.524. The van der Waals surface area contributed by atoms with Crippen molar-refractivity contribution >= 4 is 23.7 Å². The van der Waals surface area contributed by atoms with E-state index in [1.54, 1.807) is 30.3 Å². The third kappa shape index (κ3) is 6.49. The van der Waals surface area contributed by atoms with Crippen LogP contribution in [0.25, 0.3) is 0 Å². The van der Waals surface area contributed by atoms with E-state index < -0.39 is 11.8 Å². The SMILES string of the molecule is C=CCOc1c(C=NNC(=O)CC(=O)Nc2ccccc2CC)cccc1OC. The number of methoxy groups -OCH3 is 1. The number of hydrogen-bond acceptors (Lipinski definition) is 5. The second-order valence-electron chi connectivity index (χ2n) is 6.01. The van der Waals surface area contributed by atoms with E-state index in [0.717, 1.165) is 12.0 Å². The number of nitrogens with one attached hydrogen (secondary N) is 2. The van der Waals surface area contributed by atoms with Crippen LogP contribution in [0.1, 0.15) is 24.5 Å². The number of amides is 2. The van der Waals surface area contributed by atoms with E-state index in [9.17, 15) is 9.59 Å². The first-order chi connectivity index (χ1) is 14.1. The summed E-state index contributed by atoms with van der Waals surface area (Å²) in [6, 6.07) is 12.8. The molecular formula is C22H25N3O4. The highest BCUT2D eigenvalue weighted by Gasteiger charge is 2.11. The molecule has 0 aliphatic heterocycles. The zero-order chi connectivity index (χ0) is 21.1. The molecule has 0 radical (unpaired) electrons. The molecule has 0 saturated heterocycles. The van der Waals surface area contributed by atoms with Gasteiger partial charge in [-0.05, 0) is 30.2 Å². The van der Waals surface area contributed by atoms with Gasteiger partial charge in [-0.1, -0.05) is 43.8 Å². The van der Waals surface area contributed by atoms with Gasteiger partial charge in [0, 0.05) is 11.3 Å². The van der Waals surface area contributed by atoms with Gasteiger partial charge in [0.15, 0.2) is 11.5 Å². The maximum Gasteiger partial charge on any atom is 0.249 e. The maximum atomic E-state index is 12.1. The predicted molar refractivity (Wildman–Crippen MR) is 113 cm³/mol. The fourth-order valence-electron chi connectivity index (χ4n) is 2.60. The van der Waals surface area contributed by atoms with Gasteiger partial charge < -0.3 is 14.8 Å². The van der Waals surface area contributed by atoms with Gasteiger partial charge >= 0.3 is 0 Å². The van der Waals surface area contributed by atoms with E-state index in [1.165, 1.54) is 13.3 Å². The van der Waals surface area contributed by atoms with Crippen molar-refractivity contribution in [2.75, 3.05) is 19.0 Å². The average molecular weight is 395 g/mol. The van der Waals surface area contributed by atoms with Gasteiger partial charge in [-0.15, -0.1) is 0 Å². The molecule has 2 aromatic rings. The molecule has 2 rings (SSSR count). The Kier molecular flexibility index (Phi) is 8.44. The first-order valence-electron chi connectivity index (χ1n) is 9.19. The number of hydrogen-bond donors (Lipinski definition) is 2. The lowest BCUT2D eigenvalue weighted by atomic mass is 10.1. The first-order valence-corrected chi connectivity index (χ1v) is 9.19. The Morgan fingerprint density at radius 3 is 2.66 bits per heavy atom. The average Bonchev–Trinajstić information content (AvgIpc) is 2.72. The molecule has 152 valence electrons. The molecule has 0 spiro atoms. The molecule has 2 aromatic carbocycles. The molecule has 0 atom stereocenters. The molecule has 0 aromatic heterocycles. The summed E-state index contributed by atoms with van der Waals surface area (Å²) in [7, 11) is 1.54. The summed E-state index contributed by atoms with van der Waals surface area (Å²) in [5.41, 5.74) is 4.68. The van der Waals surface area contributed by atoms with Crippen molar-refractivity contribution in [1.29, 1.82) is 0 Å². The summed E-state index contributed by atoms with van der Waals surface area (Å²) in [6.45, 7) is 5.92. The molecule has 0 aliphatic rings. The molecule has 0 bridgehead atoms. The summed E-state index contributed by atoms with van der Waals surface area (Å²) in [5, 5.41) is 6.66. The van der Waals surface area contributed by atoms with Crippen LogP contribution in [0, 0.1) is 0 Å². The lowest BCUT2D eigenvalue weighted by Gasteiger charge is -2.11. The Labute approximate surface area is 170 Å². The molecule has 2 amide bonds. The van der Waals surface area contributed by atoms with Gasteiger partial charge in [-0.25, -0.2) is 5.43 Å². The zero-order valence-electron chi connectivity index (χ0n) is 16.6. The van der Waals surface area contributed by atoms with E-state index in [-0.39, 0.29) is 6.42 Å². The third-order valence-corrected chi connectivity index (χ3v) is 3.96. The Hall–Kier alpha value is -3.61. The van der Waals surface area contributed by atoms with Gasteiger partial charge in [-0.2, -0.15) is 5.10 Å². The lowest BCUT2D eigenvalue weighted by Crippen LogP contribution is -2.25. The number of benzene rings is 2. The smallest absolute Gasteiger partial charge is 0.249 e. The van der Waals surface area contributed by atoms with E-state index in [1.807, 2.05) is 25.1 Å². The summed E-state index contributed by atoms with van der Waals surface area (Å²) < 4.78 is 10.9. The molecule has 0 unspecified atom stereocenters. The predicted octanol–water partition coefficient (Wildman–Crippen LogP) is 3.30. The van der Waals surface area contributed by atoms with Crippen LogP contribution in [0.4, 0.5) is 5.69 Å². The molecule has 29 heavy (non-hydrogen) atoms. The number of aryl methyl sites for hydroxylation is 1. The Morgan fingerprint density at radius 1 is 1.14 bits per heavy atom. The highest BCUT2D eigenvalue weighted by atomic mass is 16.5. The van der Waals surface area contributed by atoms with Crippen LogP contribution in [0.3, 0.4) is 0 Å². The molecule has 0 heterocycles. The molecule has 7 nitrogen and oxygen atoms in total. The number of hydrazone groups is 1. The Bertz CT molecular complexity index is 893. The number of nitrogens with zero attached hydrogens (tertiary/aromatic N) is 1. The van der Waals surface area contributed by atoms with Crippen LogP contribution in [-0.2, 0) is 16.0 Å².